The summed E-state index contributed by atoms with van der Waals surface area (Å²) in [5.74, 6) is 2.91. The van der Waals surface area contributed by atoms with Crippen molar-refractivity contribution in [1.82, 2.24) is 0 Å². The monoisotopic (exact) mass is 736 g/mol. The first-order valence-corrected chi connectivity index (χ1v) is 30.5. The molecule has 4 aliphatic carbocycles. The quantitative estimate of drug-likeness (QED) is 0.147. The average Bonchev–Trinajstić information content (AvgIpc) is 3.85. The van der Waals surface area contributed by atoms with E-state index >= 15 is 0 Å². The molecule has 4 saturated carbocycles. The molecular weight excluding hydrogens is 673 g/mol. The normalized spacial score (nSPS) is 55.2. The minimum atomic E-state index is -2.60. The molecular formula is C36H64O8Si4. The van der Waals surface area contributed by atoms with E-state index in [1.165, 1.54) is 103 Å². The summed E-state index contributed by atoms with van der Waals surface area (Å²) >= 11 is 0. The largest absolute Gasteiger partial charge is 0.416 e. The molecule has 0 aromatic rings. The first kappa shape index (κ1) is 34.3. The average molecular weight is 737 g/mol. The second-order valence-electron chi connectivity index (χ2n) is 18.7. The van der Waals surface area contributed by atoms with Crippen molar-refractivity contribution < 1.29 is 35.4 Å². The van der Waals surface area contributed by atoms with Gasteiger partial charge >= 0.3 is 34.2 Å². The SMILES string of the molecule is C[Si]1(CCC2CCC3OC3C2)O[Si](C)(CCC2CCC3OC3C2)O[Si](C)(CCC2CCC3OC3C2)O[Si](C)(CCC2CCC3OC3C2)O1. The van der Waals surface area contributed by atoms with Crippen LogP contribution < -0.4 is 0 Å². The number of rotatable bonds is 12. The van der Waals surface area contributed by atoms with E-state index < -0.39 is 34.2 Å². The van der Waals surface area contributed by atoms with Crippen molar-refractivity contribution in [3.05, 3.63) is 0 Å². The molecule has 5 saturated heterocycles. The Morgan fingerprint density at radius 3 is 0.771 bits per heavy atom. The Morgan fingerprint density at radius 2 is 0.562 bits per heavy atom. The molecule has 48 heavy (non-hydrogen) atoms. The molecule has 8 nitrogen and oxygen atoms in total. The van der Waals surface area contributed by atoms with E-state index in [4.69, 9.17) is 35.4 Å². The van der Waals surface area contributed by atoms with Crippen LogP contribution in [0.3, 0.4) is 0 Å². The highest BCUT2D eigenvalue weighted by molar-refractivity contribution is 6.93. The highest BCUT2D eigenvalue weighted by Gasteiger charge is 2.58. The molecule has 0 spiro atoms. The minimum absolute atomic E-state index is 0.521. The van der Waals surface area contributed by atoms with Crippen molar-refractivity contribution in [2.75, 3.05) is 0 Å². The van der Waals surface area contributed by atoms with Crippen molar-refractivity contribution in [1.29, 1.82) is 0 Å². The van der Waals surface area contributed by atoms with Gasteiger partial charge in [-0.15, -0.1) is 0 Å². The van der Waals surface area contributed by atoms with Gasteiger partial charge in [-0.2, -0.15) is 0 Å². The topological polar surface area (TPSA) is 87.0 Å². The lowest BCUT2D eigenvalue weighted by Crippen LogP contribution is -2.67. The van der Waals surface area contributed by atoms with E-state index in [0.29, 0.717) is 48.8 Å². The highest BCUT2D eigenvalue weighted by Crippen LogP contribution is 2.48. The Morgan fingerprint density at radius 1 is 0.333 bits per heavy atom. The maximum atomic E-state index is 7.67. The lowest BCUT2D eigenvalue weighted by atomic mass is 9.88. The predicted molar refractivity (Wildman–Crippen MR) is 193 cm³/mol. The Balaban J connectivity index is 0.939. The molecule has 5 aliphatic heterocycles. The van der Waals surface area contributed by atoms with Gasteiger partial charge in [0.05, 0.1) is 48.8 Å². The standard InChI is InChI=1S/C36H64O8Si4/c1-45(17-13-25-5-9-29-33(21-25)37-29)41-46(2,18-14-26-6-10-30-34(22-26)38-30)43-48(4,20-16-28-8-12-32-36(24-28)40-32)44-47(3,42-45)19-15-27-7-11-31-35(23-27)39-31/h25-36H,5-24H2,1-4H3. The van der Waals surface area contributed by atoms with Crippen LogP contribution in [-0.4, -0.2) is 83.1 Å². The van der Waals surface area contributed by atoms with Crippen LogP contribution in [0.1, 0.15) is 103 Å². The molecule has 0 aromatic heterocycles. The van der Waals surface area contributed by atoms with Crippen LogP contribution in [0.25, 0.3) is 0 Å². The van der Waals surface area contributed by atoms with E-state index in [1.54, 1.807) is 0 Å². The molecule has 0 radical (unpaired) electrons. The molecule has 9 fully saturated rings. The molecule has 0 N–H and O–H groups in total. The fraction of sp³-hybridized carbons (Fsp3) is 1.00. The third kappa shape index (κ3) is 8.20. The third-order valence-electron chi connectivity index (χ3n) is 14.2. The van der Waals surface area contributed by atoms with Gasteiger partial charge in [-0.25, -0.2) is 0 Å². The van der Waals surface area contributed by atoms with Gasteiger partial charge in [-0.05, 0) is 177 Å². The van der Waals surface area contributed by atoms with Crippen molar-refractivity contribution in [3.63, 3.8) is 0 Å². The number of epoxide rings is 4. The van der Waals surface area contributed by atoms with Crippen molar-refractivity contribution in [2.45, 2.75) is 202 Å². The van der Waals surface area contributed by atoms with Gasteiger partial charge in [0.1, 0.15) is 0 Å². The number of ether oxygens (including phenoxy) is 4. The minimum Gasteiger partial charge on any atom is -0.416 e. The molecule has 12 heteroatoms. The summed E-state index contributed by atoms with van der Waals surface area (Å²) in [6.45, 7) is 9.61. The van der Waals surface area contributed by atoms with E-state index in [9.17, 15) is 0 Å². The van der Waals surface area contributed by atoms with Crippen molar-refractivity contribution in [2.24, 2.45) is 23.7 Å². The van der Waals surface area contributed by atoms with Crippen LogP contribution in [0.5, 0.6) is 0 Å². The number of fused-ring (bicyclic) bond motifs is 4. The van der Waals surface area contributed by atoms with Crippen molar-refractivity contribution in [3.8, 4) is 0 Å². The molecule has 12 atom stereocenters. The fourth-order valence-electron chi connectivity index (χ4n) is 11.2. The first-order valence-electron chi connectivity index (χ1n) is 20.4. The summed E-state index contributed by atoms with van der Waals surface area (Å²) in [5, 5.41) is 0. The summed E-state index contributed by atoms with van der Waals surface area (Å²) in [6.07, 6.45) is 24.1. The fourth-order valence-corrected chi connectivity index (χ4v) is 35.0. The number of hydrogen-bond acceptors (Lipinski definition) is 8. The van der Waals surface area contributed by atoms with E-state index in [0.717, 1.165) is 47.8 Å². The molecule has 0 amide bonds. The van der Waals surface area contributed by atoms with Gasteiger partial charge in [0.25, 0.3) is 0 Å². The van der Waals surface area contributed by atoms with Crippen molar-refractivity contribution >= 4 is 34.2 Å². The summed E-state index contributed by atoms with van der Waals surface area (Å²) in [7, 11) is -10.4. The molecule has 12 unspecified atom stereocenters. The Kier molecular flexibility index (Phi) is 9.40. The third-order valence-corrected chi connectivity index (χ3v) is 32.8. The molecule has 9 rings (SSSR count). The zero-order chi connectivity index (χ0) is 32.7. The van der Waals surface area contributed by atoms with Gasteiger partial charge in [-0.1, -0.05) is 0 Å². The molecule has 0 bridgehead atoms. The zero-order valence-electron chi connectivity index (χ0n) is 30.3. The van der Waals surface area contributed by atoms with Gasteiger partial charge < -0.3 is 35.4 Å². The Hall–Kier alpha value is 0.548. The molecule has 5 heterocycles. The maximum absolute atomic E-state index is 7.67. The smallest absolute Gasteiger partial charge is 0.317 e. The highest BCUT2D eigenvalue weighted by atomic mass is 28.5. The van der Waals surface area contributed by atoms with E-state index in [-0.39, 0.29) is 0 Å². The van der Waals surface area contributed by atoms with Crippen LogP contribution in [0.15, 0.2) is 0 Å². The molecule has 9 aliphatic rings. The zero-order valence-corrected chi connectivity index (χ0v) is 34.3. The van der Waals surface area contributed by atoms with Gasteiger partial charge in [0.2, 0.25) is 0 Å². The summed E-state index contributed by atoms with van der Waals surface area (Å²) in [5.41, 5.74) is 0. The van der Waals surface area contributed by atoms with Crippen LogP contribution in [0, 0.1) is 23.7 Å². The van der Waals surface area contributed by atoms with Gasteiger partial charge in [0, 0.05) is 0 Å². The Labute approximate surface area is 294 Å². The van der Waals surface area contributed by atoms with Crippen LogP contribution >= 0.6 is 0 Å². The number of hydrogen-bond donors (Lipinski definition) is 0. The molecule has 0 aromatic carbocycles. The second-order valence-corrected chi connectivity index (χ2v) is 33.0. The maximum Gasteiger partial charge on any atom is 0.317 e. The van der Waals surface area contributed by atoms with E-state index in [2.05, 4.69) is 26.2 Å². The molecule has 272 valence electrons. The van der Waals surface area contributed by atoms with Gasteiger partial charge in [0.15, 0.2) is 0 Å². The summed E-state index contributed by atoms with van der Waals surface area (Å²) < 4.78 is 54.4. The van der Waals surface area contributed by atoms with E-state index in [1.807, 2.05) is 0 Å². The lowest BCUT2D eigenvalue weighted by molar-refractivity contribution is 0.211. The van der Waals surface area contributed by atoms with Crippen LogP contribution in [0.2, 0.25) is 50.4 Å². The van der Waals surface area contributed by atoms with Crippen LogP contribution in [-0.2, 0) is 35.4 Å². The van der Waals surface area contributed by atoms with Crippen LogP contribution in [0.4, 0.5) is 0 Å². The van der Waals surface area contributed by atoms with Gasteiger partial charge in [-0.3, -0.25) is 0 Å². The first-order chi connectivity index (χ1) is 23.0. The summed E-state index contributed by atoms with van der Waals surface area (Å²) in [6, 6.07) is 4.21. The Bertz CT molecular complexity index is 995. The predicted octanol–water partition coefficient (Wildman–Crippen LogP) is 8.18. The second kappa shape index (κ2) is 13.1. The lowest BCUT2D eigenvalue weighted by Gasteiger charge is -2.51. The summed E-state index contributed by atoms with van der Waals surface area (Å²) in [4.78, 5) is 0.